The summed E-state index contributed by atoms with van der Waals surface area (Å²) in [6.45, 7) is 9.31. The topological polar surface area (TPSA) is 64.3 Å². The maximum Gasteiger partial charge on any atom is 0.242 e. The number of anilines is 2. The van der Waals surface area contributed by atoms with E-state index in [-0.39, 0.29) is 6.10 Å². The summed E-state index contributed by atoms with van der Waals surface area (Å²) in [6.07, 6.45) is 4.04. The summed E-state index contributed by atoms with van der Waals surface area (Å²) in [6, 6.07) is 0.575. The van der Waals surface area contributed by atoms with E-state index in [0.717, 1.165) is 12.4 Å². The van der Waals surface area contributed by atoms with Gasteiger partial charge in [0.05, 0.1) is 6.10 Å². The van der Waals surface area contributed by atoms with E-state index in [2.05, 4.69) is 28.7 Å². The molecule has 106 valence electrons. The minimum atomic E-state index is 0.0597. The van der Waals surface area contributed by atoms with Gasteiger partial charge in [-0.3, -0.25) is 0 Å². The number of ether oxygens (including phenoxy) is 1. The zero-order valence-electron chi connectivity index (χ0n) is 12.3. The lowest BCUT2D eigenvalue weighted by molar-refractivity contribution is 0.234. The van der Waals surface area contributed by atoms with Gasteiger partial charge in [0.1, 0.15) is 12.0 Å². The molecule has 1 saturated carbocycles. The maximum absolute atomic E-state index is 6.18. The first-order valence-corrected chi connectivity index (χ1v) is 7.02. The van der Waals surface area contributed by atoms with Crippen molar-refractivity contribution in [3.63, 3.8) is 0 Å². The van der Waals surface area contributed by atoms with Crippen LogP contribution in [0.2, 0.25) is 0 Å². The van der Waals surface area contributed by atoms with Gasteiger partial charge in [0.15, 0.2) is 5.82 Å². The molecule has 0 aromatic carbocycles. The van der Waals surface area contributed by atoms with E-state index in [1.54, 1.807) is 6.33 Å². The van der Waals surface area contributed by atoms with Gasteiger partial charge in [-0.2, -0.15) is 4.98 Å². The first-order chi connectivity index (χ1) is 8.99. The zero-order valence-corrected chi connectivity index (χ0v) is 12.3. The van der Waals surface area contributed by atoms with Crippen molar-refractivity contribution < 1.29 is 4.74 Å². The van der Waals surface area contributed by atoms with Crippen molar-refractivity contribution >= 4 is 11.5 Å². The molecule has 0 unspecified atom stereocenters. The molecule has 5 nitrogen and oxygen atoms in total. The van der Waals surface area contributed by atoms with E-state index in [9.17, 15) is 0 Å². The summed E-state index contributed by atoms with van der Waals surface area (Å²) in [7, 11) is 0. The van der Waals surface area contributed by atoms with Crippen LogP contribution in [0, 0.1) is 5.92 Å². The molecule has 1 fully saturated rings. The highest BCUT2D eigenvalue weighted by atomic mass is 16.5. The summed E-state index contributed by atoms with van der Waals surface area (Å²) in [4.78, 5) is 10.8. The van der Waals surface area contributed by atoms with Crippen LogP contribution in [0.15, 0.2) is 6.33 Å². The van der Waals surface area contributed by atoms with Gasteiger partial charge in [-0.15, -0.1) is 0 Å². The number of aromatic nitrogens is 2. The monoisotopic (exact) mass is 264 g/mol. The molecule has 1 aliphatic rings. The van der Waals surface area contributed by atoms with Crippen LogP contribution >= 0.6 is 0 Å². The molecule has 0 amide bonds. The Morgan fingerprint density at radius 1 is 1.32 bits per heavy atom. The molecule has 1 aromatic heterocycles. The van der Waals surface area contributed by atoms with Gasteiger partial charge in [0, 0.05) is 12.6 Å². The maximum atomic E-state index is 6.18. The van der Waals surface area contributed by atoms with Crippen molar-refractivity contribution in [2.24, 2.45) is 5.92 Å². The van der Waals surface area contributed by atoms with Crippen molar-refractivity contribution in [2.45, 2.75) is 52.7 Å². The van der Waals surface area contributed by atoms with E-state index in [1.165, 1.54) is 12.8 Å². The van der Waals surface area contributed by atoms with Crippen LogP contribution in [0.25, 0.3) is 0 Å². The Morgan fingerprint density at radius 2 is 2.00 bits per heavy atom. The lowest BCUT2D eigenvalue weighted by Gasteiger charge is -2.27. The van der Waals surface area contributed by atoms with Crippen LogP contribution < -0.4 is 15.4 Å². The fraction of sp³-hybridized carbons (Fsp3) is 0.714. The third-order valence-electron chi connectivity index (χ3n) is 3.00. The fourth-order valence-corrected chi connectivity index (χ4v) is 2.10. The molecule has 19 heavy (non-hydrogen) atoms. The van der Waals surface area contributed by atoms with E-state index in [4.69, 9.17) is 10.5 Å². The van der Waals surface area contributed by atoms with Crippen LogP contribution in [0.1, 0.15) is 40.5 Å². The van der Waals surface area contributed by atoms with E-state index in [1.807, 2.05) is 13.8 Å². The Kier molecular flexibility index (Phi) is 4.12. The SMILES string of the molecule is CC(C)CN(c1ncnc(OC(C)C)c1N)C1CC1. The highest BCUT2D eigenvalue weighted by Gasteiger charge is 2.32. The molecule has 0 aliphatic heterocycles. The van der Waals surface area contributed by atoms with Crippen LogP contribution in [0.3, 0.4) is 0 Å². The quantitative estimate of drug-likeness (QED) is 0.855. The van der Waals surface area contributed by atoms with Crippen molar-refractivity contribution in [1.82, 2.24) is 9.97 Å². The highest BCUT2D eigenvalue weighted by molar-refractivity contribution is 5.68. The average molecular weight is 264 g/mol. The molecule has 0 radical (unpaired) electrons. The van der Waals surface area contributed by atoms with Gasteiger partial charge in [0.25, 0.3) is 0 Å². The number of hydrogen-bond acceptors (Lipinski definition) is 5. The normalized spacial score (nSPS) is 15.1. The zero-order chi connectivity index (χ0) is 14.0. The van der Waals surface area contributed by atoms with Crippen LogP contribution in [-0.4, -0.2) is 28.7 Å². The third kappa shape index (κ3) is 3.49. The number of nitrogens with two attached hydrogens (primary N) is 1. The molecule has 0 saturated heterocycles. The van der Waals surface area contributed by atoms with Gasteiger partial charge in [0.2, 0.25) is 5.88 Å². The molecule has 2 rings (SSSR count). The van der Waals surface area contributed by atoms with E-state index >= 15 is 0 Å². The second kappa shape index (κ2) is 5.63. The lowest BCUT2D eigenvalue weighted by Crippen LogP contribution is -2.31. The molecular weight excluding hydrogens is 240 g/mol. The van der Waals surface area contributed by atoms with Crippen LogP contribution in [0.4, 0.5) is 11.5 Å². The second-order valence-electron chi connectivity index (χ2n) is 5.86. The number of hydrogen-bond donors (Lipinski definition) is 1. The average Bonchev–Trinajstić information content (AvgIpc) is 3.12. The van der Waals surface area contributed by atoms with Crippen molar-refractivity contribution in [3.8, 4) is 5.88 Å². The Labute approximate surface area is 115 Å². The second-order valence-corrected chi connectivity index (χ2v) is 5.86. The minimum absolute atomic E-state index is 0.0597. The smallest absolute Gasteiger partial charge is 0.242 e. The summed E-state index contributed by atoms with van der Waals surface area (Å²) in [5, 5.41) is 0. The molecule has 0 spiro atoms. The molecule has 1 heterocycles. The largest absolute Gasteiger partial charge is 0.473 e. The first kappa shape index (κ1) is 13.9. The van der Waals surface area contributed by atoms with Gasteiger partial charge in [-0.25, -0.2) is 4.98 Å². The number of nitrogens with zero attached hydrogens (tertiary/aromatic N) is 3. The fourth-order valence-electron chi connectivity index (χ4n) is 2.10. The predicted octanol–water partition coefficient (Wildman–Crippen LogP) is 2.47. The summed E-state index contributed by atoms with van der Waals surface area (Å²) < 4.78 is 5.64. The molecule has 0 bridgehead atoms. The Morgan fingerprint density at radius 3 is 2.53 bits per heavy atom. The molecule has 1 aromatic rings. The Bertz CT molecular complexity index is 429. The Hall–Kier alpha value is -1.52. The highest BCUT2D eigenvalue weighted by Crippen LogP contribution is 2.36. The van der Waals surface area contributed by atoms with E-state index < -0.39 is 0 Å². The molecule has 0 atom stereocenters. The minimum Gasteiger partial charge on any atom is -0.473 e. The van der Waals surface area contributed by atoms with Gasteiger partial charge in [-0.1, -0.05) is 13.8 Å². The third-order valence-corrected chi connectivity index (χ3v) is 3.00. The Balaban J connectivity index is 2.26. The van der Waals surface area contributed by atoms with Crippen LogP contribution in [-0.2, 0) is 0 Å². The molecule has 5 heteroatoms. The molecule has 2 N–H and O–H groups in total. The molecular formula is C14H24N4O. The summed E-state index contributed by atoms with van der Waals surface area (Å²) >= 11 is 0. The van der Waals surface area contributed by atoms with Gasteiger partial charge < -0.3 is 15.4 Å². The lowest BCUT2D eigenvalue weighted by atomic mass is 10.2. The standard InChI is InChI=1S/C14H24N4O/c1-9(2)7-18(11-5-6-11)13-12(15)14(17-8-16-13)19-10(3)4/h8-11H,5-7,15H2,1-4H3. The first-order valence-electron chi connectivity index (χ1n) is 7.02. The van der Waals surface area contributed by atoms with Gasteiger partial charge >= 0.3 is 0 Å². The van der Waals surface area contributed by atoms with Crippen molar-refractivity contribution in [1.29, 1.82) is 0 Å². The summed E-state index contributed by atoms with van der Waals surface area (Å²) in [5.74, 6) is 1.89. The van der Waals surface area contributed by atoms with E-state index in [0.29, 0.717) is 23.5 Å². The van der Waals surface area contributed by atoms with Crippen LogP contribution in [0.5, 0.6) is 5.88 Å². The number of rotatable bonds is 6. The number of nitrogen functional groups attached to an aromatic ring is 1. The summed E-state index contributed by atoms with van der Waals surface area (Å²) in [5.41, 5.74) is 6.74. The van der Waals surface area contributed by atoms with Crippen molar-refractivity contribution in [3.05, 3.63) is 6.33 Å². The van der Waals surface area contributed by atoms with Crippen molar-refractivity contribution in [2.75, 3.05) is 17.2 Å². The molecule has 1 aliphatic carbocycles. The predicted molar refractivity (Wildman–Crippen MR) is 77.4 cm³/mol. The van der Waals surface area contributed by atoms with Gasteiger partial charge in [-0.05, 0) is 32.6 Å².